The van der Waals surface area contributed by atoms with Crippen molar-refractivity contribution in [2.45, 2.75) is 6.54 Å². The van der Waals surface area contributed by atoms with Crippen LogP contribution in [0.25, 0.3) is 0 Å². The summed E-state index contributed by atoms with van der Waals surface area (Å²) >= 11 is 0. The Morgan fingerprint density at radius 2 is 2.38 bits per heavy atom. The Morgan fingerprint density at radius 1 is 1.69 bits per heavy atom. The number of carboxylic acids is 1. The topological polar surface area (TPSA) is 88.3 Å². The lowest BCUT2D eigenvalue weighted by molar-refractivity contribution is -0.137. The summed E-state index contributed by atoms with van der Waals surface area (Å²) in [6, 6.07) is 0. The molecule has 0 fully saturated rings. The van der Waals surface area contributed by atoms with Crippen molar-refractivity contribution in [3.8, 4) is 0 Å². The van der Waals surface area contributed by atoms with Crippen LogP contribution < -0.4 is 0 Å². The predicted octanol–water partition coefficient (Wildman–Crippen LogP) is -0.379. The van der Waals surface area contributed by atoms with Gasteiger partial charge in [0.05, 0.1) is 6.20 Å². The maximum atomic E-state index is 11.6. The van der Waals surface area contributed by atoms with Crippen LogP contribution >= 0.6 is 0 Å². The van der Waals surface area contributed by atoms with Crippen LogP contribution in [0.1, 0.15) is 10.5 Å². The van der Waals surface area contributed by atoms with E-state index in [-0.39, 0.29) is 18.1 Å². The van der Waals surface area contributed by atoms with Crippen molar-refractivity contribution in [1.29, 1.82) is 0 Å². The van der Waals surface area contributed by atoms with Gasteiger partial charge in [0.1, 0.15) is 6.54 Å². The first kappa shape index (κ1) is 11.9. The van der Waals surface area contributed by atoms with E-state index in [0.29, 0.717) is 6.54 Å². The Morgan fingerprint density at radius 3 is 2.94 bits per heavy atom. The van der Waals surface area contributed by atoms with Crippen LogP contribution in [0.3, 0.4) is 0 Å². The fourth-order valence-corrected chi connectivity index (χ4v) is 1.08. The Labute approximate surface area is 92.0 Å². The summed E-state index contributed by atoms with van der Waals surface area (Å²) in [4.78, 5) is 23.4. The van der Waals surface area contributed by atoms with Crippen LogP contribution in [-0.2, 0) is 11.3 Å². The number of rotatable bonds is 5. The van der Waals surface area contributed by atoms with Gasteiger partial charge in [-0.1, -0.05) is 11.3 Å². The Balaban J connectivity index is 2.73. The minimum atomic E-state index is -1.04. The summed E-state index contributed by atoms with van der Waals surface area (Å²) in [5.41, 5.74) is 0.116. The van der Waals surface area contributed by atoms with Crippen molar-refractivity contribution in [3.05, 3.63) is 24.5 Å². The molecule has 0 aliphatic rings. The van der Waals surface area contributed by atoms with Gasteiger partial charge in [0.25, 0.3) is 5.91 Å². The molecule has 7 heteroatoms. The molecule has 0 aromatic carbocycles. The third kappa shape index (κ3) is 2.91. The SMILES string of the molecule is C=CCN(C)C(=O)c1cn(CC(=O)O)nn1. The third-order valence-corrected chi connectivity index (χ3v) is 1.80. The maximum Gasteiger partial charge on any atom is 0.325 e. The van der Waals surface area contributed by atoms with E-state index in [9.17, 15) is 9.59 Å². The molecule has 1 rings (SSSR count). The van der Waals surface area contributed by atoms with Gasteiger partial charge in [-0.2, -0.15) is 0 Å². The highest BCUT2D eigenvalue weighted by atomic mass is 16.4. The van der Waals surface area contributed by atoms with Crippen LogP contribution in [0.4, 0.5) is 0 Å². The minimum absolute atomic E-state index is 0.116. The summed E-state index contributed by atoms with van der Waals surface area (Å²) in [7, 11) is 1.60. The number of nitrogens with zero attached hydrogens (tertiary/aromatic N) is 4. The first-order chi connectivity index (χ1) is 7.54. The minimum Gasteiger partial charge on any atom is -0.480 e. The molecule has 0 atom stereocenters. The van der Waals surface area contributed by atoms with E-state index >= 15 is 0 Å². The number of hydrogen-bond donors (Lipinski definition) is 1. The second-order valence-electron chi connectivity index (χ2n) is 3.17. The summed E-state index contributed by atoms with van der Waals surface area (Å²) in [6.45, 7) is 3.59. The zero-order valence-corrected chi connectivity index (χ0v) is 8.83. The van der Waals surface area contributed by atoms with Gasteiger partial charge in [0.2, 0.25) is 0 Å². The predicted molar refractivity (Wildman–Crippen MR) is 54.8 cm³/mol. The quantitative estimate of drug-likeness (QED) is 0.689. The monoisotopic (exact) mass is 224 g/mol. The van der Waals surface area contributed by atoms with Gasteiger partial charge < -0.3 is 10.0 Å². The molecule has 0 saturated carbocycles. The second-order valence-corrected chi connectivity index (χ2v) is 3.17. The van der Waals surface area contributed by atoms with Gasteiger partial charge in [0.15, 0.2) is 5.69 Å². The molecule has 0 aliphatic carbocycles. The van der Waals surface area contributed by atoms with Gasteiger partial charge in [-0.15, -0.1) is 11.7 Å². The molecule has 0 radical (unpaired) electrons. The van der Waals surface area contributed by atoms with Crippen LogP contribution in [0.5, 0.6) is 0 Å². The largest absolute Gasteiger partial charge is 0.480 e. The molecule has 16 heavy (non-hydrogen) atoms. The zero-order chi connectivity index (χ0) is 12.1. The van der Waals surface area contributed by atoms with E-state index < -0.39 is 5.97 Å². The van der Waals surface area contributed by atoms with Crippen molar-refractivity contribution in [2.75, 3.05) is 13.6 Å². The van der Waals surface area contributed by atoms with Crippen molar-refractivity contribution >= 4 is 11.9 Å². The van der Waals surface area contributed by atoms with Crippen LogP contribution in [0, 0.1) is 0 Å². The van der Waals surface area contributed by atoms with Gasteiger partial charge in [-0.25, -0.2) is 4.68 Å². The highest BCUT2D eigenvalue weighted by Crippen LogP contribution is 1.98. The van der Waals surface area contributed by atoms with E-state index in [2.05, 4.69) is 16.9 Å². The standard InChI is InChI=1S/C9H12N4O3/c1-3-4-12(2)9(16)7-5-13(11-10-7)6-8(14)15/h3,5H,1,4,6H2,2H3,(H,14,15). The van der Waals surface area contributed by atoms with Crippen LogP contribution in [0.15, 0.2) is 18.9 Å². The summed E-state index contributed by atoms with van der Waals surface area (Å²) < 4.78 is 1.09. The number of aromatic nitrogens is 3. The van der Waals surface area contributed by atoms with E-state index in [0.717, 1.165) is 4.68 Å². The van der Waals surface area contributed by atoms with Crippen LogP contribution in [-0.4, -0.2) is 50.5 Å². The van der Waals surface area contributed by atoms with Crippen molar-refractivity contribution < 1.29 is 14.7 Å². The number of hydrogen-bond acceptors (Lipinski definition) is 4. The molecule has 0 bridgehead atoms. The zero-order valence-electron chi connectivity index (χ0n) is 8.83. The molecule has 0 spiro atoms. The lowest BCUT2D eigenvalue weighted by atomic mass is 10.4. The molecule has 1 amide bonds. The summed E-state index contributed by atoms with van der Waals surface area (Å²) in [5.74, 6) is -1.36. The third-order valence-electron chi connectivity index (χ3n) is 1.80. The Kier molecular flexibility index (Phi) is 3.76. The smallest absolute Gasteiger partial charge is 0.325 e. The number of carboxylic acid groups (broad SMARTS) is 1. The molecule has 1 aromatic heterocycles. The molecule has 1 aromatic rings. The van der Waals surface area contributed by atoms with E-state index in [1.807, 2.05) is 0 Å². The lowest BCUT2D eigenvalue weighted by Gasteiger charge is -2.11. The Hall–Kier alpha value is -2.18. The molecule has 1 N–H and O–H groups in total. The van der Waals surface area contributed by atoms with E-state index in [1.165, 1.54) is 11.1 Å². The lowest BCUT2D eigenvalue weighted by Crippen LogP contribution is -2.27. The van der Waals surface area contributed by atoms with E-state index in [4.69, 9.17) is 5.11 Å². The first-order valence-electron chi connectivity index (χ1n) is 4.53. The van der Waals surface area contributed by atoms with Gasteiger partial charge in [0, 0.05) is 13.6 Å². The molecule has 86 valence electrons. The summed E-state index contributed by atoms with van der Waals surface area (Å²) in [6.07, 6.45) is 2.88. The molecule has 7 nitrogen and oxygen atoms in total. The van der Waals surface area contributed by atoms with Gasteiger partial charge >= 0.3 is 5.97 Å². The number of carbonyl (C=O) groups is 2. The molecule has 0 unspecified atom stereocenters. The van der Waals surface area contributed by atoms with Crippen LogP contribution in [0.2, 0.25) is 0 Å². The van der Waals surface area contributed by atoms with E-state index in [1.54, 1.807) is 13.1 Å². The number of aliphatic carboxylic acids is 1. The fraction of sp³-hybridized carbons (Fsp3) is 0.333. The second kappa shape index (κ2) is 5.06. The molecule has 1 heterocycles. The van der Waals surface area contributed by atoms with Gasteiger partial charge in [-0.05, 0) is 0 Å². The maximum absolute atomic E-state index is 11.6. The number of likely N-dealkylation sites (N-methyl/N-ethyl adjacent to an activating group) is 1. The van der Waals surface area contributed by atoms with Crippen molar-refractivity contribution in [2.24, 2.45) is 0 Å². The number of amides is 1. The average Bonchev–Trinajstić information content (AvgIpc) is 2.64. The molecular weight excluding hydrogens is 212 g/mol. The normalized spacial score (nSPS) is 9.81. The average molecular weight is 224 g/mol. The van der Waals surface area contributed by atoms with Crippen molar-refractivity contribution in [1.82, 2.24) is 19.9 Å². The molecular formula is C9H12N4O3. The molecule has 0 aliphatic heterocycles. The van der Waals surface area contributed by atoms with Gasteiger partial charge in [-0.3, -0.25) is 9.59 Å². The first-order valence-corrected chi connectivity index (χ1v) is 4.53. The Bertz CT molecular complexity index is 413. The highest BCUT2D eigenvalue weighted by molar-refractivity contribution is 5.91. The highest BCUT2D eigenvalue weighted by Gasteiger charge is 2.15. The molecule has 0 saturated heterocycles. The fourth-order valence-electron chi connectivity index (χ4n) is 1.08. The number of carbonyl (C=O) groups excluding carboxylic acids is 1. The van der Waals surface area contributed by atoms with Crippen molar-refractivity contribution in [3.63, 3.8) is 0 Å². The summed E-state index contributed by atoms with van der Waals surface area (Å²) in [5, 5.41) is 15.6.